The molecule has 5 nitrogen and oxygen atoms in total. The first kappa shape index (κ1) is 18.4. The third-order valence-electron chi connectivity index (χ3n) is 3.67. The molecule has 1 aromatic heterocycles. The Hall–Kier alpha value is -1.89. The lowest BCUT2D eigenvalue weighted by molar-refractivity contribution is -0.136. The monoisotopic (exact) mass is 365 g/mol. The Morgan fingerprint density at radius 2 is 1.96 bits per heavy atom. The normalized spacial score (nSPS) is 12.0. The number of likely N-dealkylation sites (N-methyl/N-ethyl adjacent to an activating group) is 1. The van der Waals surface area contributed by atoms with Gasteiger partial charge >= 0.3 is 11.8 Å². The van der Waals surface area contributed by atoms with Crippen molar-refractivity contribution in [1.82, 2.24) is 10.2 Å². The van der Waals surface area contributed by atoms with Crippen LogP contribution in [0.2, 0.25) is 5.02 Å². The highest BCUT2D eigenvalue weighted by atomic mass is 35.5. The van der Waals surface area contributed by atoms with Crippen molar-refractivity contribution in [3.05, 3.63) is 51.2 Å². The number of rotatable bonds is 5. The molecule has 7 heteroatoms. The van der Waals surface area contributed by atoms with Gasteiger partial charge in [0.15, 0.2) is 0 Å². The number of hydrogen-bond acceptors (Lipinski definition) is 4. The van der Waals surface area contributed by atoms with E-state index in [4.69, 9.17) is 11.6 Å². The number of carbonyl (C=O) groups is 2. The van der Waals surface area contributed by atoms with Gasteiger partial charge in [-0.2, -0.15) is 0 Å². The molecular formula is C17H20ClN3O2S. The molecule has 1 heterocycles. The van der Waals surface area contributed by atoms with Crippen LogP contribution in [0.4, 0.5) is 5.69 Å². The van der Waals surface area contributed by atoms with Crippen molar-refractivity contribution in [2.75, 3.05) is 26.0 Å². The summed E-state index contributed by atoms with van der Waals surface area (Å²) in [6.45, 7) is 2.14. The fourth-order valence-corrected chi connectivity index (χ4v) is 3.31. The van der Waals surface area contributed by atoms with Gasteiger partial charge in [0, 0.05) is 22.1 Å². The fourth-order valence-electron chi connectivity index (χ4n) is 2.21. The van der Waals surface area contributed by atoms with Crippen molar-refractivity contribution >= 4 is 40.4 Å². The average molecular weight is 366 g/mol. The van der Waals surface area contributed by atoms with Gasteiger partial charge in [0.05, 0.1) is 6.04 Å². The molecule has 128 valence electrons. The van der Waals surface area contributed by atoms with E-state index in [9.17, 15) is 9.59 Å². The van der Waals surface area contributed by atoms with Crippen LogP contribution >= 0.6 is 22.9 Å². The molecule has 1 atom stereocenters. The van der Waals surface area contributed by atoms with E-state index in [-0.39, 0.29) is 6.04 Å². The summed E-state index contributed by atoms with van der Waals surface area (Å²) in [7, 11) is 3.87. The summed E-state index contributed by atoms with van der Waals surface area (Å²) in [5.74, 6) is -1.37. The Labute approximate surface area is 150 Å². The summed E-state index contributed by atoms with van der Waals surface area (Å²) in [6.07, 6.45) is 0. The Morgan fingerprint density at radius 1 is 1.21 bits per heavy atom. The Kier molecular flexibility index (Phi) is 6.36. The molecule has 0 spiro atoms. The largest absolute Gasteiger partial charge is 0.346 e. The zero-order valence-corrected chi connectivity index (χ0v) is 15.4. The highest BCUT2D eigenvalue weighted by Gasteiger charge is 2.20. The van der Waals surface area contributed by atoms with Crippen LogP contribution in [0.25, 0.3) is 0 Å². The van der Waals surface area contributed by atoms with Crippen LogP contribution in [-0.4, -0.2) is 37.4 Å². The standard InChI is InChI=1S/C17H20ClN3O2S/c1-11-12(18)6-4-7-13(11)20-17(23)16(22)19-10-14(21(2)3)15-8-5-9-24-15/h4-9,14H,10H2,1-3H3,(H,19,22)(H,20,23)/t14-/m1/s1. The molecule has 0 unspecified atom stereocenters. The van der Waals surface area contributed by atoms with Crippen molar-refractivity contribution in [3.8, 4) is 0 Å². The topological polar surface area (TPSA) is 61.4 Å². The molecule has 2 aromatic rings. The predicted octanol–water partition coefficient (Wildman–Crippen LogP) is 3.07. The highest BCUT2D eigenvalue weighted by molar-refractivity contribution is 7.10. The molecular weight excluding hydrogens is 346 g/mol. The maximum Gasteiger partial charge on any atom is 0.313 e. The number of benzene rings is 1. The van der Waals surface area contributed by atoms with Crippen molar-refractivity contribution in [1.29, 1.82) is 0 Å². The van der Waals surface area contributed by atoms with Crippen LogP contribution in [0.3, 0.4) is 0 Å². The van der Waals surface area contributed by atoms with Crippen molar-refractivity contribution in [3.63, 3.8) is 0 Å². The second-order valence-electron chi connectivity index (χ2n) is 5.57. The molecule has 1 aromatic carbocycles. The van der Waals surface area contributed by atoms with Gasteiger partial charge in [0.25, 0.3) is 0 Å². The summed E-state index contributed by atoms with van der Waals surface area (Å²) < 4.78 is 0. The zero-order valence-electron chi connectivity index (χ0n) is 13.8. The van der Waals surface area contributed by atoms with E-state index in [0.29, 0.717) is 17.3 Å². The third-order valence-corrected chi connectivity index (χ3v) is 5.06. The van der Waals surface area contributed by atoms with Gasteiger partial charge in [-0.05, 0) is 50.2 Å². The first-order valence-electron chi connectivity index (χ1n) is 7.44. The van der Waals surface area contributed by atoms with Crippen LogP contribution in [0.15, 0.2) is 35.7 Å². The quantitative estimate of drug-likeness (QED) is 0.800. The molecule has 2 amide bonds. The van der Waals surface area contributed by atoms with E-state index in [2.05, 4.69) is 10.6 Å². The summed E-state index contributed by atoms with van der Waals surface area (Å²) >= 11 is 7.63. The summed E-state index contributed by atoms with van der Waals surface area (Å²) in [6, 6.07) is 9.16. The molecule has 0 radical (unpaired) electrons. The first-order valence-corrected chi connectivity index (χ1v) is 8.70. The molecule has 2 rings (SSSR count). The first-order chi connectivity index (χ1) is 11.4. The summed E-state index contributed by atoms with van der Waals surface area (Å²) in [4.78, 5) is 27.3. The average Bonchev–Trinajstić information content (AvgIpc) is 3.05. The number of thiophene rings is 1. The van der Waals surface area contributed by atoms with E-state index in [1.165, 1.54) is 0 Å². The van der Waals surface area contributed by atoms with E-state index in [0.717, 1.165) is 10.4 Å². The lowest BCUT2D eigenvalue weighted by Crippen LogP contribution is -2.40. The van der Waals surface area contributed by atoms with Crippen LogP contribution in [-0.2, 0) is 9.59 Å². The maximum absolute atomic E-state index is 12.1. The van der Waals surface area contributed by atoms with E-state index >= 15 is 0 Å². The minimum Gasteiger partial charge on any atom is -0.346 e. The summed E-state index contributed by atoms with van der Waals surface area (Å²) in [5.41, 5.74) is 1.26. The van der Waals surface area contributed by atoms with E-state index in [1.807, 2.05) is 36.5 Å². The summed E-state index contributed by atoms with van der Waals surface area (Å²) in [5, 5.41) is 7.81. The SMILES string of the molecule is Cc1c(Cl)cccc1NC(=O)C(=O)NC[C@H](c1cccs1)N(C)C. The molecule has 0 fully saturated rings. The van der Waals surface area contributed by atoms with Gasteiger partial charge in [-0.15, -0.1) is 11.3 Å². The van der Waals surface area contributed by atoms with Gasteiger partial charge < -0.3 is 15.5 Å². The molecule has 0 aliphatic rings. The lowest BCUT2D eigenvalue weighted by Gasteiger charge is -2.23. The number of halogens is 1. The van der Waals surface area contributed by atoms with Crippen LogP contribution < -0.4 is 10.6 Å². The molecule has 0 saturated carbocycles. The number of nitrogens with zero attached hydrogens (tertiary/aromatic N) is 1. The Morgan fingerprint density at radius 3 is 2.58 bits per heavy atom. The molecule has 0 saturated heterocycles. The van der Waals surface area contributed by atoms with Crippen molar-refractivity contribution in [2.24, 2.45) is 0 Å². The van der Waals surface area contributed by atoms with Gasteiger partial charge in [-0.3, -0.25) is 9.59 Å². The number of anilines is 1. The van der Waals surface area contributed by atoms with Crippen molar-refractivity contribution in [2.45, 2.75) is 13.0 Å². The second-order valence-corrected chi connectivity index (χ2v) is 6.96. The van der Waals surface area contributed by atoms with E-state index in [1.54, 1.807) is 36.5 Å². The number of nitrogens with one attached hydrogen (secondary N) is 2. The number of carbonyl (C=O) groups excluding carboxylic acids is 2. The molecule has 0 aliphatic heterocycles. The minimum atomic E-state index is -0.705. The molecule has 0 aliphatic carbocycles. The van der Waals surface area contributed by atoms with Gasteiger partial charge in [0.2, 0.25) is 0 Å². The minimum absolute atomic E-state index is 0.0228. The third kappa shape index (κ3) is 4.56. The molecule has 2 N–H and O–H groups in total. The lowest BCUT2D eigenvalue weighted by atomic mass is 10.2. The second kappa shape index (κ2) is 8.28. The Bertz CT molecular complexity index is 717. The van der Waals surface area contributed by atoms with Crippen LogP contribution in [0.1, 0.15) is 16.5 Å². The van der Waals surface area contributed by atoms with Crippen molar-refractivity contribution < 1.29 is 9.59 Å². The zero-order chi connectivity index (χ0) is 17.7. The smallest absolute Gasteiger partial charge is 0.313 e. The van der Waals surface area contributed by atoms with E-state index < -0.39 is 11.8 Å². The Balaban J connectivity index is 1.96. The fraction of sp³-hybridized carbons (Fsp3) is 0.294. The molecule has 0 bridgehead atoms. The molecule has 24 heavy (non-hydrogen) atoms. The predicted molar refractivity (Wildman–Crippen MR) is 98.6 cm³/mol. The number of hydrogen-bond donors (Lipinski definition) is 2. The highest BCUT2D eigenvalue weighted by Crippen LogP contribution is 2.23. The number of amides is 2. The maximum atomic E-state index is 12.1. The van der Waals surface area contributed by atoms with Gasteiger partial charge in [-0.1, -0.05) is 23.7 Å². The van der Waals surface area contributed by atoms with Crippen LogP contribution in [0.5, 0.6) is 0 Å². The van der Waals surface area contributed by atoms with Gasteiger partial charge in [-0.25, -0.2) is 0 Å². The van der Waals surface area contributed by atoms with Gasteiger partial charge in [0.1, 0.15) is 0 Å². The van der Waals surface area contributed by atoms with Crippen LogP contribution in [0, 0.1) is 6.92 Å².